The number of nitro groups is 1. The molecule has 1 aromatic carbocycles. The van der Waals surface area contributed by atoms with Crippen LogP contribution in [0.3, 0.4) is 0 Å². The third kappa shape index (κ3) is 2.54. The van der Waals surface area contributed by atoms with Gasteiger partial charge in [-0.15, -0.1) is 0 Å². The maximum atomic E-state index is 12.6. The Morgan fingerprint density at radius 2 is 2.00 bits per heavy atom. The summed E-state index contributed by atoms with van der Waals surface area (Å²) < 4.78 is 26.3. The van der Waals surface area contributed by atoms with E-state index in [4.69, 9.17) is 0 Å². The molecule has 0 fully saturated rings. The smallest absolute Gasteiger partial charge is 0.258 e. The molecular formula is C13H15N3O4S. The van der Waals surface area contributed by atoms with Crippen molar-refractivity contribution < 1.29 is 13.3 Å². The molecule has 0 aliphatic carbocycles. The van der Waals surface area contributed by atoms with Crippen LogP contribution < -0.4 is 0 Å². The average Bonchev–Trinajstić information content (AvgIpc) is 2.90. The van der Waals surface area contributed by atoms with Crippen LogP contribution in [0.1, 0.15) is 23.9 Å². The van der Waals surface area contributed by atoms with Gasteiger partial charge in [0.1, 0.15) is 5.82 Å². The van der Waals surface area contributed by atoms with E-state index in [1.54, 1.807) is 20.8 Å². The predicted octanol–water partition coefficient (Wildman–Crippen LogP) is 2.21. The van der Waals surface area contributed by atoms with Crippen molar-refractivity contribution in [2.45, 2.75) is 32.1 Å². The standard InChI is InChI=1S/C13H15N3O4S/c1-4-13-14-5-6-15(13)21(19,20)11-7-9(2)10(3)12(8-11)16(17)18/h5-8H,4H2,1-3H3. The maximum absolute atomic E-state index is 12.6. The second kappa shape index (κ2) is 5.28. The van der Waals surface area contributed by atoms with Crippen LogP contribution in [0.4, 0.5) is 5.69 Å². The van der Waals surface area contributed by atoms with Crippen LogP contribution in [-0.4, -0.2) is 22.3 Å². The quantitative estimate of drug-likeness (QED) is 0.637. The summed E-state index contributed by atoms with van der Waals surface area (Å²) >= 11 is 0. The number of imidazole rings is 1. The second-order valence-corrected chi connectivity index (χ2v) is 6.45. The van der Waals surface area contributed by atoms with Crippen molar-refractivity contribution in [2.75, 3.05) is 0 Å². The molecule has 0 amide bonds. The molecule has 0 saturated heterocycles. The zero-order valence-electron chi connectivity index (χ0n) is 11.9. The minimum atomic E-state index is -3.88. The van der Waals surface area contributed by atoms with E-state index in [-0.39, 0.29) is 10.6 Å². The first-order chi connectivity index (χ1) is 9.78. The predicted molar refractivity (Wildman–Crippen MR) is 76.8 cm³/mol. The molecule has 0 bridgehead atoms. The molecule has 0 atom stereocenters. The Morgan fingerprint density at radius 3 is 2.57 bits per heavy atom. The number of hydrogen-bond donors (Lipinski definition) is 0. The number of aryl methyl sites for hydroxylation is 2. The average molecular weight is 309 g/mol. The highest BCUT2D eigenvalue weighted by Gasteiger charge is 2.24. The number of nitro benzene ring substituents is 1. The lowest BCUT2D eigenvalue weighted by atomic mass is 10.1. The van der Waals surface area contributed by atoms with Gasteiger partial charge < -0.3 is 0 Å². The first-order valence-corrected chi connectivity index (χ1v) is 7.76. The van der Waals surface area contributed by atoms with Crippen LogP contribution in [-0.2, 0) is 16.4 Å². The normalized spacial score (nSPS) is 11.6. The second-order valence-electron chi connectivity index (χ2n) is 4.64. The summed E-state index contributed by atoms with van der Waals surface area (Å²) in [6.45, 7) is 5.03. The molecule has 0 radical (unpaired) electrons. The molecule has 1 heterocycles. The fraction of sp³-hybridized carbons (Fsp3) is 0.308. The van der Waals surface area contributed by atoms with E-state index in [1.807, 2.05) is 0 Å². The van der Waals surface area contributed by atoms with E-state index in [9.17, 15) is 18.5 Å². The Balaban J connectivity index is 2.69. The van der Waals surface area contributed by atoms with Gasteiger partial charge in [0.2, 0.25) is 0 Å². The van der Waals surface area contributed by atoms with E-state index in [0.29, 0.717) is 23.4 Å². The summed E-state index contributed by atoms with van der Waals surface area (Å²) in [6.07, 6.45) is 3.18. The summed E-state index contributed by atoms with van der Waals surface area (Å²) in [7, 11) is -3.88. The number of nitrogens with zero attached hydrogens (tertiary/aromatic N) is 3. The molecule has 0 aliphatic heterocycles. The summed E-state index contributed by atoms with van der Waals surface area (Å²) in [5, 5.41) is 11.1. The fourth-order valence-electron chi connectivity index (χ4n) is 2.05. The van der Waals surface area contributed by atoms with Crippen LogP contribution in [0.15, 0.2) is 29.4 Å². The largest absolute Gasteiger partial charge is 0.273 e. The lowest BCUT2D eigenvalue weighted by molar-refractivity contribution is -0.385. The van der Waals surface area contributed by atoms with Gasteiger partial charge in [0.15, 0.2) is 0 Å². The third-order valence-electron chi connectivity index (χ3n) is 3.36. The number of rotatable bonds is 4. The minimum Gasteiger partial charge on any atom is -0.258 e. The molecule has 0 unspecified atom stereocenters. The molecule has 2 rings (SSSR count). The van der Waals surface area contributed by atoms with Gasteiger partial charge in [-0.2, -0.15) is 0 Å². The van der Waals surface area contributed by atoms with Gasteiger partial charge in [0, 0.05) is 30.4 Å². The van der Waals surface area contributed by atoms with Crippen LogP contribution in [0.5, 0.6) is 0 Å². The molecule has 8 heteroatoms. The SMILES string of the molecule is CCc1nccn1S(=O)(=O)c1cc(C)c(C)c([N+](=O)[O-])c1. The molecule has 112 valence electrons. The Kier molecular flexibility index (Phi) is 3.82. The topological polar surface area (TPSA) is 95.1 Å². The first-order valence-electron chi connectivity index (χ1n) is 6.32. The monoisotopic (exact) mass is 309 g/mol. The number of hydrogen-bond acceptors (Lipinski definition) is 5. The molecule has 2 aromatic rings. The van der Waals surface area contributed by atoms with Crippen molar-refractivity contribution in [3.05, 3.63) is 51.6 Å². The molecule has 0 N–H and O–H groups in total. The number of benzene rings is 1. The fourth-order valence-corrected chi connectivity index (χ4v) is 3.53. The number of aromatic nitrogens is 2. The van der Waals surface area contributed by atoms with Crippen molar-refractivity contribution in [2.24, 2.45) is 0 Å². The minimum absolute atomic E-state index is 0.106. The van der Waals surface area contributed by atoms with Crippen LogP contribution >= 0.6 is 0 Å². The molecule has 0 saturated carbocycles. The van der Waals surface area contributed by atoms with Crippen molar-refractivity contribution in [1.29, 1.82) is 0 Å². The van der Waals surface area contributed by atoms with Crippen molar-refractivity contribution in [1.82, 2.24) is 8.96 Å². The van der Waals surface area contributed by atoms with Gasteiger partial charge in [-0.25, -0.2) is 17.4 Å². The van der Waals surface area contributed by atoms with E-state index in [2.05, 4.69) is 4.98 Å². The highest BCUT2D eigenvalue weighted by Crippen LogP contribution is 2.27. The van der Waals surface area contributed by atoms with Gasteiger partial charge in [-0.05, 0) is 25.5 Å². The lowest BCUT2D eigenvalue weighted by Crippen LogP contribution is -2.15. The van der Waals surface area contributed by atoms with Crippen LogP contribution in [0.25, 0.3) is 0 Å². The Hall–Kier alpha value is -2.22. The molecule has 0 spiro atoms. The van der Waals surface area contributed by atoms with Crippen molar-refractivity contribution in [3.8, 4) is 0 Å². The van der Waals surface area contributed by atoms with Crippen LogP contribution in [0.2, 0.25) is 0 Å². The van der Waals surface area contributed by atoms with E-state index in [1.165, 1.54) is 18.5 Å². The maximum Gasteiger partial charge on any atom is 0.273 e. The summed E-state index contributed by atoms with van der Waals surface area (Å²) in [5.74, 6) is 0.385. The molecule has 7 nitrogen and oxygen atoms in total. The van der Waals surface area contributed by atoms with E-state index < -0.39 is 14.9 Å². The highest BCUT2D eigenvalue weighted by molar-refractivity contribution is 7.90. The van der Waals surface area contributed by atoms with Crippen molar-refractivity contribution in [3.63, 3.8) is 0 Å². The molecule has 1 aromatic heterocycles. The van der Waals surface area contributed by atoms with Gasteiger partial charge in [0.05, 0.1) is 9.82 Å². The Morgan fingerprint density at radius 1 is 1.33 bits per heavy atom. The molecule has 0 aliphatic rings. The Bertz CT molecular complexity index is 809. The molecule has 21 heavy (non-hydrogen) atoms. The first kappa shape index (κ1) is 15.2. The zero-order chi connectivity index (χ0) is 15.8. The van der Waals surface area contributed by atoms with Gasteiger partial charge in [0.25, 0.3) is 15.7 Å². The summed E-state index contributed by atoms with van der Waals surface area (Å²) in [4.78, 5) is 14.3. The summed E-state index contributed by atoms with van der Waals surface area (Å²) in [5.41, 5.74) is 0.813. The highest BCUT2D eigenvalue weighted by atomic mass is 32.2. The Labute approximate surface area is 122 Å². The summed E-state index contributed by atoms with van der Waals surface area (Å²) in [6, 6.07) is 2.54. The lowest BCUT2D eigenvalue weighted by Gasteiger charge is -2.10. The zero-order valence-corrected chi connectivity index (χ0v) is 12.7. The van der Waals surface area contributed by atoms with Gasteiger partial charge >= 0.3 is 0 Å². The van der Waals surface area contributed by atoms with E-state index >= 15 is 0 Å². The third-order valence-corrected chi connectivity index (χ3v) is 5.04. The van der Waals surface area contributed by atoms with Gasteiger partial charge in [-0.1, -0.05) is 6.92 Å². The molecular weight excluding hydrogens is 294 g/mol. The van der Waals surface area contributed by atoms with E-state index in [0.717, 1.165) is 10.0 Å². The van der Waals surface area contributed by atoms with Gasteiger partial charge in [-0.3, -0.25) is 10.1 Å². The van der Waals surface area contributed by atoms with Crippen LogP contribution in [0, 0.1) is 24.0 Å². The van der Waals surface area contributed by atoms with Crippen molar-refractivity contribution >= 4 is 15.7 Å².